The molecule has 0 aliphatic heterocycles. The van der Waals surface area contributed by atoms with Gasteiger partial charge in [-0.05, 0) is 13.3 Å². The van der Waals surface area contributed by atoms with Gasteiger partial charge in [0.1, 0.15) is 12.6 Å². The first-order valence-electron chi connectivity index (χ1n) is 6.49. The first kappa shape index (κ1) is 18.9. The van der Waals surface area contributed by atoms with Crippen molar-refractivity contribution in [2.24, 2.45) is 0 Å². The second-order valence-electron chi connectivity index (χ2n) is 4.08. The van der Waals surface area contributed by atoms with Crippen molar-refractivity contribution in [3.8, 4) is 0 Å². The van der Waals surface area contributed by atoms with Crippen molar-refractivity contribution in [3.63, 3.8) is 0 Å². The summed E-state index contributed by atoms with van der Waals surface area (Å²) in [4.78, 5) is 35.6. The van der Waals surface area contributed by atoms with E-state index in [1.165, 1.54) is 13.2 Å². The number of carbonyl (C=O) groups excluding carboxylic acids is 2. The average molecular weight is 302 g/mol. The van der Waals surface area contributed by atoms with Gasteiger partial charge in [-0.15, -0.1) is 6.58 Å². The third-order valence-electron chi connectivity index (χ3n) is 2.48. The number of aliphatic carboxylic acids is 1. The molecule has 0 saturated heterocycles. The van der Waals surface area contributed by atoms with Crippen molar-refractivity contribution in [2.75, 3.05) is 33.4 Å². The maximum Gasteiger partial charge on any atom is 0.326 e. The number of esters is 1. The zero-order chi connectivity index (χ0) is 16.3. The fraction of sp³-hybridized carbons (Fsp3) is 0.615. The molecule has 0 aromatic heterocycles. The Hall–Kier alpha value is -2.09. The van der Waals surface area contributed by atoms with E-state index in [1.54, 1.807) is 6.92 Å². The highest BCUT2D eigenvalue weighted by atomic mass is 16.5. The lowest BCUT2D eigenvalue weighted by atomic mass is 10.2. The Balaban J connectivity index is 4.71. The number of methoxy groups -OCH3 is 1. The Morgan fingerprint density at radius 1 is 1.43 bits per heavy atom. The van der Waals surface area contributed by atoms with Crippen LogP contribution in [-0.4, -0.2) is 67.4 Å². The van der Waals surface area contributed by atoms with Gasteiger partial charge in [0, 0.05) is 13.7 Å². The largest absolute Gasteiger partial charge is 0.480 e. The number of nitrogens with zero attached hydrogens (tertiary/aromatic N) is 1. The Labute approximate surface area is 123 Å². The highest BCUT2D eigenvalue weighted by Gasteiger charge is 2.23. The van der Waals surface area contributed by atoms with Crippen LogP contribution in [0.4, 0.5) is 4.79 Å². The lowest BCUT2D eigenvalue weighted by Gasteiger charge is -2.23. The van der Waals surface area contributed by atoms with Gasteiger partial charge in [-0.2, -0.15) is 0 Å². The second-order valence-corrected chi connectivity index (χ2v) is 4.08. The number of urea groups is 1. The first-order valence-corrected chi connectivity index (χ1v) is 6.49. The molecular weight excluding hydrogens is 280 g/mol. The summed E-state index contributed by atoms with van der Waals surface area (Å²) in [5.74, 6) is -1.74. The van der Waals surface area contributed by atoms with E-state index >= 15 is 0 Å². The summed E-state index contributed by atoms with van der Waals surface area (Å²) in [5, 5.41) is 11.3. The van der Waals surface area contributed by atoms with Crippen LogP contribution < -0.4 is 5.32 Å². The summed E-state index contributed by atoms with van der Waals surface area (Å²) in [6.07, 6.45) is 1.47. The molecule has 1 unspecified atom stereocenters. The van der Waals surface area contributed by atoms with Crippen LogP contribution in [0.15, 0.2) is 12.7 Å². The maximum atomic E-state index is 12.0. The highest BCUT2D eigenvalue weighted by molar-refractivity contribution is 5.85. The molecule has 0 aromatic carbocycles. The monoisotopic (exact) mass is 302 g/mol. The van der Waals surface area contributed by atoms with Gasteiger partial charge in [0.2, 0.25) is 0 Å². The van der Waals surface area contributed by atoms with Gasteiger partial charge >= 0.3 is 18.0 Å². The smallest absolute Gasteiger partial charge is 0.326 e. The Bertz CT molecular complexity index is 372. The number of hydrogen-bond donors (Lipinski definition) is 2. The van der Waals surface area contributed by atoms with Crippen LogP contribution in [0.2, 0.25) is 0 Å². The normalized spacial score (nSPS) is 11.3. The molecule has 0 heterocycles. The van der Waals surface area contributed by atoms with E-state index in [0.717, 1.165) is 4.90 Å². The lowest BCUT2D eigenvalue weighted by molar-refractivity contribution is -0.143. The molecule has 8 heteroatoms. The van der Waals surface area contributed by atoms with Crippen molar-refractivity contribution < 1.29 is 29.0 Å². The minimum atomic E-state index is -1.17. The predicted molar refractivity (Wildman–Crippen MR) is 74.9 cm³/mol. The summed E-state index contributed by atoms with van der Waals surface area (Å²) in [5.41, 5.74) is 0. The second kappa shape index (κ2) is 10.7. The van der Waals surface area contributed by atoms with Gasteiger partial charge in [0.15, 0.2) is 0 Å². The molecule has 0 aromatic rings. The van der Waals surface area contributed by atoms with Crippen LogP contribution >= 0.6 is 0 Å². The number of carboxylic acids is 1. The molecule has 0 rings (SSSR count). The fourth-order valence-corrected chi connectivity index (χ4v) is 1.44. The quantitative estimate of drug-likeness (QED) is 0.442. The summed E-state index contributed by atoms with van der Waals surface area (Å²) in [6.45, 7) is 5.37. The van der Waals surface area contributed by atoms with Crippen molar-refractivity contribution in [1.82, 2.24) is 10.2 Å². The van der Waals surface area contributed by atoms with Crippen LogP contribution in [-0.2, 0) is 19.1 Å². The molecule has 2 amide bonds. The number of hydrogen-bond acceptors (Lipinski definition) is 5. The molecule has 1 atom stereocenters. The number of carbonyl (C=O) groups is 3. The Kier molecular flexibility index (Phi) is 9.61. The number of rotatable bonds is 10. The molecule has 0 bridgehead atoms. The fourth-order valence-electron chi connectivity index (χ4n) is 1.44. The molecule has 2 N–H and O–H groups in total. The van der Waals surface area contributed by atoms with Crippen LogP contribution in [0.25, 0.3) is 0 Å². The van der Waals surface area contributed by atoms with Crippen LogP contribution in [0, 0.1) is 0 Å². The SMILES string of the molecule is C=CCC(NC(=O)N(CCOC)CC(=O)OCC)C(=O)O. The van der Waals surface area contributed by atoms with Gasteiger partial charge in [-0.25, -0.2) is 9.59 Å². The average Bonchev–Trinajstić information content (AvgIpc) is 2.42. The topological polar surface area (TPSA) is 105 Å². The predicted octanol–water partition coefficient (Wildman–Crippen LogP) is 0.237. The van der Waals surface area contributed by atoms with Gasteiger partial charge in [-0.3, -0.25) is 4.79 Å². The molecule has 0 saturated carbocycles. The Morgan fingerprint density at radius 2 is 2.10 bits per heavy atom. The molecule has 8 nitrogen and oxygen atoms in total. The van der Waals surface area contributed by atoms with E-state index in [0.29, 0.717) is 0 Å². The van der Waals surface area contributed by atoms with Crippen LogP contribution in [0.1, 0.15) is 13.3 Å². The van der Waals surface area contributed by atoms with E-state index in [-0.39, 0.29) is 32.7 Å². The molecule has 0 aliphatic rings. The van der Waals surface area contributed by atoms with Gasteiger partial charge < -0.3 is 24.8 Å². The van der Waals surface area contributed by atoms with E-state index in [1.807, 2.05) is 0 Å². The standard InChI is InChI=1S/C13H22N2O6/c1-4-6-10(12(17)18)14-13(19)15(7-8-20-3)9-11(16)21-5-2/h4,10H,1,5-9H2,2-3H3,(H,14,19)(H,17,18). The van der Waals surface area contributed by atoms with E-state index in [9.17, 15) is 14.4 Å². The van der Waals surface area contributed by atoms with Crippen LogP contribution in [0.3, 0.4) is 0 Å². The molecule has 0 radical (unpaired) electrons. The summed E-state index contributed by atoms with van der Waals surface area (Å²) >= 11 is 0. The number of nitrogens with one attached hydrogen (secondary N) is 1. The van der Waals surface area contributed by atoms with Crippen molar-refractivity contribution in [3.05, 3.63) is 12.7 Å². The third kappa shape index (κ3) is 7.93. The molecule has 0 fully saturated rings. The zero-order valence-corrected chi connectivity index (χ0v) is 12.3. The third-order valence-corrected chi connectivity index (χ3v) is 2.48. The number of carboxylic acid groups (broad SMARTS) is 1. The maximum absolute atomic E-state index is 12.0. The van der Waals surface area contributed by atoms with Crippen molar-refractivity contribution in [1.29, 1.82) is 0 Å². The lowest BCUT2D eigenvalue weighted by Crippen LogP contribution is -2.50. The van der Waals surface area contributed by atoms with E-state index in [2.05, 4.69) is 11.9 Å². The van der Waals surface area contributed by atoms with Gasteiger partial charge in [0.25, 0.3) is 0 Å². The summed E-state index contributed by atoms with van der Waals surface area (Å²) in [7, 11) is 1.46. The van der Waals surface area contributed by atoms with E-state index in [4.69, 9.17) is 14.6 Å². The molecule has 120 valence electrons. The zero-order valence-electron chi connectivity index (χ0n) is 12.3. The minimum absolute atomic E-state index is 0.0819. The number of ether oxygens (including phenoxy) is 2. The molecule has 21 heavy (non-hydrogen) atoms. The molecule has 0 aliphatic carbocycles. The van der Waals surface area contributed by atoms with Crippen molar-refractivity contribution in [2.45, 2.75) is 19.4 Å². The van der Waals surface area contributed by atoms with Gasteiger partial charge in [-0.1, -0.05) is 6.08 Å². The van der Waals surface area contributed by atoms with Gasteiger partial charge in [0.05, 0.1) is 13.2 Å². The number of amides is 2. The minimum Gasteiger partial charge on any atom is -0.480 e. The highest BCUT2D eigenvalue weighted by Crippen LogP contribution is 1.98. The van der Waals surface area contributed by atoms with E-state index < -0.39 is 24.0 Å². The van der Waals surface area contributed by atoms with Crippen LogP contribution in [0.5, 0.6) is 0 Å². The van der Waals surface area contributed by atoms with Crippen molar-refractivity contribution >= 4 is 18.0 Å². The first-order chi connectivity index (χ1) is 9.96. The Morgan fingerprint density at radius 3 is 2.57 bits per heavy atom. The summed E-state index contributed by atoms with van der Waals surface area (Å²) in [6, 6.07) is -1.77. The molecular formula is C13H22N2O6. The molecule has 0 spiro atoms. The summed E-state index contributed by atoms with van der Waals surface area (Å²) < 4.78 is 9.63.